The molecule has 2 amide bonds. The maximum absolute atomic E-state index is 12.4. The number of hydrogen-bond acceptors (Lipinski definition) is 3. The van der Waals surface area contributed by atoms with Crippen LogP contribution in [0.5, 0.6) is 0 Å². The van der Waals surface area contributed by atoms with Crippen molar-refractivity contribution in [3.8, 4) is 0 Å². The second kappa shape index (κ2) is 8.04. The van der Waals surface area contributed by atoms with Crippen LogP contribution in [-0.2, 0) is 9.59 Å². The topological polar surface area (TPSA) is 52.7 Å². The maximum atomic E-state index is 12.4. The van der Waals surface area contributed by atoms with Gasteiger partial charge in [-0.05, 0) is 43.2 Å². The molecule has 1 saturated heterocycles. The zero-order valence-electron chi connectivity index (χ0n) is 15.4. The van der Waals surface area contributed by atoms with Crippen molar-refractivity contribution in [3.63, 3.8) is 0 Å². The number of nitrogens with zero attached hydrogens (tertiary/aromatic N) is 2. The van der Waals surface area contributed by atoms with Gasteiger partial charge in [-0.25, -0.2) is 0 Å². The summed E-state index contributed by atoms with van der Waals surface area (Å²) in [6.07, 6.45) is -0.113. The predicted molar refractivity (Wildman–Crippen MR) is 104 cm³/mol. The number of anilines is 2. The number of carbonyl (C=O) groups excluding carboxylic acids is 2. The Morgan fingerprint density at radius 3 is 2.31 bits per heavy atom. The Labute approximate surface area is 154 Å². The first kappa shape index (κ1) is 18.0. The van der Waals surface area contributed by atoms with E-state index in [1.807, 2.05) is 30.3 Å². The quantitative estimate of drug-likeness (QED) is 0.862. The number of hydrogen-bond donors (Lipinski definition) is 1. The van der Waals surface area contributed by atoms with E-state index in [4.69, 9.17) is 0 Å². The average Bonchev–Trinajstić information content (AvgIpc) is 2.65. The van der Waals surface area contributed by atoms with Gasteiger partial charge in [0.25, 0.3) is 0 Å². The van der Waals surface area contributed by atoms with Crippen molar-refractivity contribution in [3.05, 3.63) is 59.7 Å². The first-order valence-corrected chi connectivity index (χ1v) is 8.98. The van der Waals surface area contributed by atoms with Gasteiger partial charge in [-0.15, -0.1) is 0 Å². The van der Waals surface area contributed by atoms with Gasteiger partial charge in [0, 0.05) is 37.6 Å². The minimum atomic E-state index is -0.266. The van der Waals surface area contributed by atoms with Crippen LogP contribution in [0, 0.1) is 13.8 Å². The van der Waals surface area contributed by atoms with Crippen molar-refractivity contribution in [1.29, 1.82) is 0 Å². The van der Waals surface area contributed by atoms with Crippen LogP contribution in [-0.4, -0.2) is 42.9 Å². The lowest BCUT2D eigenvalue weighted by atomic mass is 10.1. The van der Waals surface area contributed by atoms with Gasteiger partial charge in [0.15, 0.2) is 0 Å². The molecule has 1 aliphatic heterocycles. The lowest BCUT2D eigenvalue weighted by molar-refractivity contribution is -0.134. The number of benzene rings is 2. The van der Waals surface area contributed by atoms with E-state index in [0.717, 1.165) is 13.1 Å². The second-order valence-electron chi connectivity index (χ2n) is 6.68. The molecular weight excluding hydrogens is 326 g/mol. The molecule has 0 saturated carbocycles. The molecule has 1 aliphatic rings. The van der Waals surface area contributed by atoms with Gasteiger partial charge in [0.05, 0.1) is 0 Å². The van der Waals surface area contributed by atoms with Gasteiger partial charge in [-0.3, -0.25) is 9.59 Å². The molecule has 0 atom stereocenters. The number of carbonyl (C=O) groups is 2. The van der Waals surface area contributed by atoms with Crippen molar-refractivity contribution in [2.45, 2.75) is 20.3 Å². The third-order valence-electron chi connectivity index (χ3n) is 4.92. The van der Waals surface area contributed by atoms with E-state index < -0.39 is 0 Å². The molecule has 5 nitrogen and oxygen atoms in total. The number of para-hydroxylation sites is 1. The first-order chi connectivity index (χ1) is 12.5. The average molecular weight is 351 g/mol. The van der Waals surface area contributed by atoms with E-state index in [0.29, 0.717) is 18.8 Å². The summed E-state index contributed by atoms with van der Waals surface area (Å²) in [5.74, 6) is -0.378. The fourth-order valence-electron chi connectivity index (χ4n) is 3.25. The molecule has 26 heavy (non-hydrogen) atoms. The number of piperazine rings is 1. The maximum Gasteiger partial charge on any atom is 0.233 e. The Kier molecular flexibility index (Phi) is 5.56. The Bertz CT molecular complexity index is 781. The van der Waals surface area contributed by atoms with E-state index in [2.05, 4.69) is 42.3 Å². The lowest BCUT2D eigenvalue weighted by Gasteiger charge is -2.37. The standard InChI is InChI=1S/C21H25N3O2/c1-16-7-6-10-19(17(16)2)23-11-13-24(14-12-23)21(26)15-20(25)22-18-8-4-3-5-9-18/h3-10H,11-15H2,1-2H3,(H,22,25). The Morgan fingerprint density at radius 2 is 1.62 bits per heavy atom. The number of nitrogens with one attached hydrogen (secondary N) is 1. The molecule has 136 valence electrons. The molecule has 3 rings (SSSR count). The fraction of sp³-hybridized carbons (Fsp3) is 0.333. The summed E-state index contributed by atoms with van der Waals surface area (Å²) in [6.45, 7) is 7.11. The van der Waals surface area contributed by atoms with Gasteiger partial charge in [-0.2, -0.15) is 0 Å². The highest BCUT2D eigenvalue weighted by atomic mass is 16.2. The van der Waals surface area contributed by atoms with Crippen LogP contribution in [0.15, 0.2) is 48.5 Å². The highest BCUT2D eigenvalue weighted by Crippen LogP contribution is 2.24. The van der Waals surface area contributed by atoms with Crippen molar-refractivity contribution < 1.29 is 9.59 Å². The molecule has 0 aromatic heterocycles. The predicted octanol–water partition coefficient (Wildman–Crippen LogP) is 2.98. The first-order valence-electron chi connectivity index (χ1n) is 8.98. The largest absolute Gasteiger partial charge is 0.368 e. The van der Waals surface area contributed by atoms with Crippen LogP contribution in [0.3, 0.4) is 0 Å². The van der Waals surface area contributed by atoms with Gasteiger partial charge >= 0.3 is 0 Å². The number of aryl methyl sites for hydroxylation is 1. The minimum Gasteiger partial charge on any atom is -0.368 e. The lowest BCUT2D eigenvalue weighted by Crippen LogP contribution is -2.49. The second-order valence-corrected chi connectivity index (χ2v) is 6.68. The molecule has 0 aliphatic carbocycles. The Balaban J connectivity index is 1.52. The molecule has 1 N–H and O–H groups in total. The third-order valence-corrected chi connectivity index (χ3v) is 4.92. The summed E-state index contributed by atoms with van der Waals surface area (Å²) >= 11 is 0. The van der Waals surface area contributed by atoms with Gasteiger partial charge in [0.1, 0.15) is 6.42 Å². The van der Waals surface area contributed by atoms with Crippen molar-refractivity contribution in [2.75, 3.05) is 36.4 Å². The van der Waals surface area contributed by atoms with Crippen LogP contribution >= 0.6 is 0 Å². The molecule has 1 fully saturated rings. The highest BCUT2D eigenvalue weighted by Gasteiger charge is 2.23. The Morgan fingerprint density at radius 1 is 0.923 bits per heavy atom. The molecule has 0 radical (unpaired) electrons. The third kappa shape index (κ3) is 4.23. The monoisotopic (exact) mass is 351 g/mol. The summed E-state index contributed by atoms with van der Waals surface area (Å²) in [5, 5.41) is 2.76. The van der Waals surface area contributed by atoms with Crippen molar-refractivity contribution in [1.82, 2.24) is 4.90 Å². The molecule has 2 aromatic carbocycles. The van der Waals surface area contributed by atoms with Gasteiger partial charge in [-0.1, -0.05) is 30.3 Å². The van der Waals surface area contributed by atoms with Gasteiger partial charge in [0.2, 0.25) is 11.8 Å². The molecular formula is C21H25N3O2. The van der Waals surface area contributed by atoms with Crippen LogP contribution < -0.4 is 10.2 Å². The van der Waals surface area contributed by atoms with Crippen molar-refractivity contribution >= 4 is 23.2 Å². The molecule has 1 heterocycles. The molecule has 0 bridgehead atoms. The van der Waals surface area contributed by atoms with Crippen LogP contribution in [0.2, 0.25) is 0 Å². The van der Waals surface area contributed by atoms with Crippen LogP contribution in [0.25, 0.3) is 0 Å². The summed E-state index contributed by atoms with van der Waals surface area (Å²) in [6, 6.07) is 15.5. The van der Waals surface area contributed by atoms with Crippen molar-refractivity contribution in [2.24, 2.45) is 0 Å². The highest BCUT2D eigenvalue weighted by molar-refractivity contribution is 6.03. The molecule has 0 spiro atoms. The van der Waals surface area contributed by atoms with E-state index >= 15 is 0 Å². The van der Waals surface area contributed by atoms with E-state index in [9.17, 15) is 9.59 Å². The summed E-state index contributed by atoms with van der Waals surface area (Å²) in [5.41, 5.74) is 4.51. The number of rotatable bonds is 4. The Hall–Kier alpha value is -2.82. The van der Waals surface area contributed by atoms with Crippen LogP contribution in [0.4, 0.5) is 11.4 Å². The fourth-order valence-corrected chi connectivity index (χ4v) is 3.25. The van der Waals surface area contributed by atoms with Crippen LogP contribution in [0.1, 0.15) is 17.5 Å². The van der Waals surface area contributed by atoms with E-state index in [1.54, 1.807) is 4.90 Å². The van der Waals surface area contributed by atoms with E-state index in [1.165, 1.54) is 16.8 Å². The molecule has 0 unspecified atom stereocenters. The van der Waals surface area contributed by atoms with Gasteiger partial charge < -0.3 is 15.1 Å². The summed E-state index contributed by atoms with van der Waals surface area (Å²) in [7, 11) is 0. The SMILES string of the molecule is Cc1cccc(N2CCN(C(=O)CC(=O)Nc3ccccc3)CC2)c1C. The zero-order valence-corrected chi connectivity index (χ0v) is 15.4. The summed E-state index contributed by atoms with van der Waals surface area (Å²) in [4.78, 5) is 28.6. The zero-order chi connectivity index (χ0) is 18.5. The molecule has 5 heteroatoms. The minimum absolute atomic E-state index is 0.112. The molecule has 2 aromatic rings. The smallest absolute Gasteiger partial charge is 0.233 e. The normalized spacial score (nSPS) is 14.2. The van der Waals surface area contributed by atoms with E-state index in [-0.39, 0.29) is 18.2 Å². The number of amides is 2. The summed E-state index contributed by atoms with van der Waals surface area (Å²) < 4.78 is 0.